The molecule has 10 nitrogen and oxygen atoms in total. The fraction of sp³-hybridized carbons (Fsp3) is 0.310. The lowest BCUT2D eigenvalue weighted by Crippen LogP contribution is -2.29. The molecule has 0 spiro atoms. The molecule has 10 heteroatoms. The Morgan fingerprint density at radius 3 is 2.46 bits per heavy atom. The van der Waals surface area contributed by atoms with Crippen molar-refractivity contribution in [2.75, 3.05) is 49.8 Å². The minimum Gasteiger partial charge on any atom is -0.372 e. The van der Waals surface area contributed by atoms with Crippen LogP contribution in [0, 0.1) is 0 Å². The number of hydrogen-bond acceptors (Lipinski definition) is 7. The molecule has 2 heterocycles. The van der Waals surface area contributed by atoms with Crippen molar-refractivity contribution < 1.29 is 4.79 Å². The number of benzene rings is 2. The molecule has 204 valence electrons. The highest BCUT2D eigenvalue weighted by molar-refractivity contribution is 6.02. The number of likely N-dealkylation sites (N-methyl/N-ethyl adjacent to an activating group) is 2. The Bertz CT molecular complexity index is 1570. The Morgan fingerprint density at radius 2 is 1.79 bits per heavy atom. The minimum absolute atomic E-state index is 0.168. The number of aryl methyl sites for hydroxylation is 1. The zero-order chi connectivity index (χ0) is 28.3. The molecule has 0 saturated heterocycles. The van der Waals surface area contributed by atoms with Crippen molar-refractivity contribution in [3.63, 3.8) is 0 Å². The highest BCUT2D eigenvalue weighted by Crippen LogP contribution is 2.37. The number of rotatable bonds is 10. The normalized spacial score (nSPS) is 11.3. The molecule has 39 heavy (non-hydrogen) atoms. The van der Waals surface area contributed by atoms with E-state index in [0.29, 0.717) is 17.5 Å². The van der Waals surface area contributed by atoms with Gasteiger partial charge in [0.25, 0.3) is 0 Å². The second kappa shape index (κ2) is 11.5. The maximum Gasteiger partial charge on any atom is 0.334 e. The quantitative estimate of drug-likeness (QED) is 0.299. The summed E-state index contributed by atoms with van der Waals surface area (Å²) in [6, 6.07) is 13.3. The van der Waals surface area contributed by atoms with Gasteiger partial charge in [0.15, 0.2) is 0 Å². The number of anilines is 4. The van der Waals surface area contributed by atoms with Crippen LogP contribution in [-0.4, -0.2) is 64.1 Å². The van der Waals surface area contributed by atoms with Gasteiger partial charge in [-0.25, -0.2) is 14.3 Å². The first-order chi connectivity index (χ1) is 18.6. The summed E-state index contributed by atoms with van der Waals surface area (Å²) in [5, 5.41) is 6.29. The van der Waals surface area contributed by atoms with Crippen LogP contribution in [0.1, 0.15) is 25.3 Å². The van der Waals surface area contributed by atoms with Gasteiger partial charge in [0.1, 0.15) is 5.82 Å². The fourth-order valence-corrected chi connectivity index (χ4v) is 4.43. The van der Waals surface area contributed by atoms with Crippen LogP contribution in [0.15, 0.2) is 66.1 Å². The van der Waals surface area contributed by atoms with Gasteiger partial charge in [-0.2, -0.15) is 4.98 Å². The summed E-state index contributed by atoms with van der Waals surface area (Å²) < 4.78 is 3.17. The van der Waals surface area contributed by atoms with Crippen molar-refractivity contribution in [1.29, 1.82) is 0 Å². The average Bonchev–Trinajstić information content (AvgIpc) is 3.17. The highest BCUT2D eigenvalue weighted by atomic mass is 16.2. The van der Waals surface area contributed by atoms with Gasteiger partial charge in [0, 0.05) is 45.1 Å². The highest BCUT2D eigenvalue weighted by Gasteiger charge is 2.18. The van der Waals surface area contributed by atoms with E-state index in [1.54, 1.807) is 28.4 Å². The topological polar surface area (TPSA) is 100 Å². The van der Waals surface area contributed by atoms with E-state index in [1.165, 1.54) is 6.08 Å². The van der Waals surface area contributed by atoms with Crippen molar-refractivity contribution >= 4 is 40.0 Å². The van der Waals surface area contributed by atoms with Crippen molar-refractivity contribution in [3.05, 3.63) is 77.4 Å². The fourth-order valence-electron chi connectivity index (χ4n) is 4.43. The Hall–Kier alpha value is -4.44. The maximum absolute atomic E-state index is 13.1. The van der Waals surface area contributed by atoms with Gasteiger partial charge in [-0.1, -0.05) is 32.6 Å². The predicted molar refractivity (Wildman–Crippen MR) is 159 cm³/mol. The first-order valence-corrected chi connectivity index (χ1v) is 12.8. The van der Waals surface area contributed by atoms with E-state index in [-0.39, 0.29) is 17.5 Å². The van der Waals surface area contributed by atoms with Crippen molar-refractivity contribution in [2.24, 2.45) is 7.05 Å². The molecule has 0 aliphatic heterocycles. The summed E-state index contributed by atoms with van der Waals surface area (Å²) in [6.07, 6.45) is 2.87. The van der Waals surface area contributed by atoms with Crippen molar-refractivity contribution in [2.45, 2.75) is 19.8 Å². The molecular formula is C29H36N8O2. The lowest BCUT2D eigenvalue weighted by molar-refractivity contribution is -0.111. The SMILES string of the molecule is C=CC(=O)Nc1cc(Nc2nccc(-n3c(=O)n(C)c4ccccc43)n2)c(C(C)C)cc1N(C)CCN(C)C. The first-order valence-electron chi connectivity index (χ1n) is 12.8. The second-order valence-corrected chi connectivity index (χ2v) is 10.1. The van der Waals surface area contributed by atoms with Crippen molar-refractivity contribution in [1.82, 2.24) is 24.0 Å². The van der Waals surface area contributed by atoms with Gasteiger partial charge in [-0.3, -0.25) is 9.36 Å². The molecule has 4 aromatic rings. The second-order valence-electron chi connectivity index (χ2n) is 10.1. The van der Waals surface area contributed by atoms with Gasteiger partial charge in [-0.05, 0) is 55.9 Å². The van der Waals surface area contributed by atoms with E-state index in [0.717, 1.165) is 41.1 Å². The Labute approximate surface area is 228 Å². The van der Waals surface area contributed by atoms with Gasteiger partial charge >= 0.3 is 5.69 Å². The van der Waals surface area contributed by atoms with Gasteiger partial charge in [0.2, 0.25) is 11.9 Å². The molecule has 0 fully saturated rings. The maximum atomic E-state index is 13.1. The van der Waals surface area contributed by atoms with E-state index in [9.17, 15) is 9.59 Å². The van der Waals surface area contributed by atoms with Crippen LogP contribution in [0.25, 0.3) is 16.9 Å². The smallest absolute Gasteiger partial charge is 0.334 e. The third-order valence-corrected chi connectivity index (χ3v) is 6.61. The Balaban J connectivity index is 1.77. The molecule has 4 rings (SSSR count). The molecule has 2 aromatic heterocycles. The number of carbonyl (C=O) groups is 1. The van der Waals surface area contributed by atoms with E-state index in [1.807, 2.05) is 51.5 Å². The number of fused-ring (bicyclic) bond motifs is 1. The van der Waals surface area contributed by atoms with Crippen LogP contribution in [0.3, 0.4) is 0 Å². The minimum atomic E-state index is -0.297. The number of imidazole rings is 1. The lowest BCUT2D eigenvalue weighted by Gasteiger charge is -2.27. The molecule has 0 aliphatic carbocycles. The molecule has 2 N–H and O–H groups in total. The van der Waals surface area contributed by atoms with Crippen LogP contribution >= 0.6 is 0 Å². The summed E-state index contributed by atoms with van der Waals surface area (Å²) in [7, 11) is 7.81. The third-order valence-electron chi connectivity index (χ3n) is 6.61. The molecule has 0 bridgehead atoms. The van der Waals surface area contributed by atoms with Crippen LogP contribution in [0.2, 0.25) is 0 Å². The Kier molecular flexibility index (Phi) is 8.15. The van der Waals surface area contributed by atoms with Crippen LogP contribution in [0.5, 0.6) is 0 Å². The molecular weight excluding hydrogens is 492 g/mol. The standard InChI is InChI=1S/C29H36N8O2/c1-8-27(38)31-22-18-21(20(19(2)3)17-25(22)35(6)16-15-34(4)5)32-28-30-14-13-26(33-28)37-24-12-10-9-11-23(24)36(7)29(37)39/h8-14,17-19H,1,15-16H2,2-7H3,(H,31,38)(H,30,32,33). The molecule has 0 radical (unpaired) electrons. The molecule has 1 amide bonds. The van der Waals surface area contributed by atoms with Crippen LogP contribution in [-0.2, 0) is 11.8 Å². The summed E-state index contributed by atoms with van der Waals surface area (Å²) in [4.78, 5) is 38.7. The van der Waals surface area contributed by atoms with E-state index in [4.69, 9.17) is 0 Å². The number of amides is 1. The molecule has 0 saturated carbocycles. The number of hydrogen-bond donors (Lipinski definition) is 2. The summed E-state index contributed by atoms with van der Waals surface area (Å²) in [5.74, 6) is 0.667. The van der Waals surface area contributed by atoms with E-state index >= 15 is 0 Å². The van der Waals surface area contributed by atoms with E-state index < -0.39 is 0 Å². The number of nitrogens with zero attached hydrogens (tertiary/aromatic N) is 6. The molecule has 0 unspecified atom stereocenters. The predicted octanol–water partition coefficient (Wildman–Crippen LogP) is 4.11. The van der Waals surface area contributed by atoms with E-state index in [2.05, 4.69) is 56.9 Å². The lowest BCUT2D eigenvalue weighted by atomic mass is 9.98. The van der Waals surface area contributed by atoms with Gasteiger partial charge < -0.3 is 20.4 Å². The number of aromatic nitrogens is 4. The number of para-hydroxylation sites is 2. The van der Waals surface area contributed by atoms with Crippen LogP contribution < -0.4 is 21.2 Å². The number of nitrogens with one attached hydrogen (secondary N) is 2. The van der Waals surface area contributed by atoms with Crippen molar-refractivity contribution in [3.8, 4) is 5.82 Å². The number of carbonyl (C=O) groups excluding carboxylic acids is 1. The molecule has 2 aromatic carbocycles. The van der Waals surface area contributed by atoms with Gasteiger partial charge in [0.05, 0.1) is 22.4 Å². The monoisotopic (exact) mass is 528 g/mol. The summed E-state index contributed by atoms with van der Waals surface area (Å²) in [6.45, 7) is 9.45. The largest absolute Gasteiger partial charge is 0.372 e. The molecule has 0 atom stereocenters. The van der Waals surface area contributed by atoms with Crippen LogP contribution in [0.4, 0.5) is 23.0 Å². The zero-order valence-electron chi connectivity index (χ0n) is 23.4. The summed E-state index contributed by atoms with van der Waals surface area (Å²) in [5.41, 5.74) is 4.73. The zero-order valence-corrected chi connectivity index (χ0v) is 23.4. The Morgan fingerprint density at radius 1 is 1.08 bits per heavy atom. The summed E-state index contributed by atoms with van der Waals surface area (Å²) >= 11 is 0. The third kappa shape index (κ3) is 5.85. The van der Waals surface area contributed by atoms with Gasteiger partial charge in [-0.15, -0.1) is 0 Å². The average molecular weight is 529 g/mol. The first kappa shape index (κ1) is 27.6. The molecule has 0 aliphatic rings.